The maximum absolute atomic E-state index is 12.5. The summed E-state index contributed by atoms with van der Waals surface area (Å²) >= 11 is 1.63. The monoisotopic (exact) mass is 386 g/mol. The fourth-order valence-electron chi connectivity index (χ4n) is 3.59. The molecule has 2 amide bonds. The van der Waals surface area contributed by atoms with Gasteiger partial charge < -0.3 is 19.6 Å². The van der Waals surface area contributed by atoms with Crippen LogP contribution in [0.2, 0.25) is 0 Å². The number of hydrogen-bond donors (Lipinski definition) is 1. The lowest BCUT2D eigenvalue weighted by atomic mass is 10.1. The van der Waals surface area contributed by atoms with Crippen LogP contribution in [0.3, 0.4) is 0 Å². The predicted molar refractivity (Wildman–Crippen MR) is 100 cm³/mol. The van der Waals surface area contributed by atoms with Gasteiger partial charge in [-0.1, -0.05) is 0 Å². The second kappa shape index (κ2) is 10.8. The van der Waals surface area contributed by atoms with Crippen LogP contribution in [0.5, 0.6) is 0 Å². The van der Waals surface area contributed by atoms with E-state index in [1.165, 1.54) is 18.2 Å². The van der Waals surface area contributed by atoms with Crippen molar-refractivity contribution in [2.24, 2.45) is 0 Å². The second-order valence-corrected chi connectivity index (χ2v) is 8.04. The van der Waals surface area contributed by atoms with Crippen LogP contribution in [-0.4, -0.2) is 82.6 Å². The molecule has 2 rings (SSSR count). The molecular formula is C18H30N2O5S. The summed E-state index contributed by atoms with van der Waals surface area (Å²) in [5.74, 6) is 0.215. The zero-order valence-electron chi connectivity index (χ0n) is 15.5. The molecule has 148 valence electrons. The Bertz CT molecular complexity index is 496. The van der Waals surface area contributed by atoms with Gasteiger partial charge in [0.1, 0.15) is 6.54 Å². The third kappa shape index (κ3) is 6.79. The molecular weight excluding hydrogens is 356 g/mol. The number of amides is 2. The molecule has 0 aliphatic carbocycles. The molecule has 2 fully saturated rings. The third-order valence-electron chi connectivity index (χ3n) is 5.00. The number of carbonyl (C=O) groups excluding carboxylic acids is 2. The van der Waals surface area contributed by atoms with E-state index in [2.05, 4.69) is 0 Å². The third-order valence-corrected chi connectivity index (χ3v) is 6.06. The number of carboxylic acids is 1. The smallest absolute Gasteiger partial charge is 0.323 e. The highest BCUT2D eigenvalue weighted by Gasteiger charge is 2.27. The summed E-state index contributed by atoms with van der Waals surface area (Å²) in [6, 6.07) is -0.107. The lowest BCUT2D eigenvalue weighted by Crippen LogP contribution is -2.43. The standard InChI is InChI=1S/C18H30N2O5S/c1-14(21)20(11-18(23)24)15-5-4-8-19(9-7-15)17(22)13-26-12-16-6-2-3-10-25-16/h15-16H,2-13H2,1H3,(H,23,24). The Morgan fingerprint density at radius 1 is 1.15 bits per heavy atom. The minimum absolute atomic E-state index is 0.107. The molecule has 2 heterocycles. The van der Waals surface area contributed by atoms with Gasteiger partial charge in [0.2, 0.25) is 11.8 Å². The van der Waals surface area contributed by atoms with E-state index in [9.17, 15) is 14.4 Å². The molecule has 0 saturated carbocycles. The highest BCUT2D eigenvalue weighted by molar-refractivity contribution is 7.99. The van der Waals surface area contributed by atoms with Crippen LogP contribution in [-0.2, 0) is 19.1 Å². The van der Waals surface area contributed by atoms with Crippen LogP contribution in [0, 0.1) is 0 Å². The summed E-state index contributed by atoms with van der Waals surface area (Å²) in [4.78, 5) is 38.5. The van der Waals surface area contributed by atoms with Crippen molar-refractivity contribution < 1.29 is 24.2 Å². The molecule has 2 aliphatic rings. The van der Waals surface area contributed by atoms with Crippen LogP contribution >= 0.6 is 11.8 Å². The van der Waals surface area contributed by atoms with Crippen molar-refractivity contribution in [2.45, 2.75) is 57.6 Å². The quantitative estimate of drug-likeness (QED) is 0.715. The normalized spacial score (nSPS) is 24.0. The molecule has 0 aromatic heterocycles. The number of thioether (sulfide) groups is 1. The molecule has 26 heavy (non-hydrogen) atoms. The first kappa shape index (κ1) is 21.0. The number of rotatable bonds is 7. The number of carbonyl (C=O) groups is 3. The SMILES string of the molecule is CC(=O)N(CC(=O)O)C1CCCN(C(=O)CSCC2CCCCO2)CC1. The zero-order valence-corrected chi connectivity index (χ0v) is 16.3. The van der Waals surface area contributed by atoms with Gasteiger partial charge in [-0.15, -0.1) is 11.8 Å². The van der Waals surface area contributed by atoms with Crippen molar-refractivity contribution in [3.05, 3.63) is 0 Å². The number of hydrogen-bond acceptors (Lipinski definition) is 5. The first-order valence-corrected chi connectivity index (χ1v) is 10.6. The lowest BCUT2D eigenvalue weighted by molar-refractivity contribution is -0.145. The summed E-state index contributed by atoms with van der Waals surface area (Å²) in [5.41, 5.74) is 0. The molecule has 7 nitrogen and oxygen atoms in total. The zero-order chi connectivity index (χ0) is 18.9. The Kier molecular flexibility index (Phi) is 8.71. The molecule has 0 spiro atoms. The average Bonchev–Trinajstić information content (AvgIpc) is 2.86. The Balaban J connectivity index is 1.76. The summed E-state index contributed by atoms with van der Waals surface area (Å²) in [5, 5.41) is 9.01. The average molecular weight is 387 g/mol. The molecule has 0 aromatic carbocycles. The Labute approximate surface area is 159 Å². The van der Waals surface area contributed by atoms with Gasteiger partial charge >= 0.3 is 5.97 Å². The first-order valence-electron chi connectivity index (χ1n) is 9.43. The fraction of sp³-hybridized carbons (Fsp3) is 0.833. The minimum Gasteiger partial charge on any atom is -0.480 e. The summed E-state index contributed by atoms with van der Waals surface area (Å²) in [6.07, 6.45) is 5.85. The van der Waals surface area contributed by atoms with Crippen LogP contribution in [0.1, 0.15) is 45.4 Å². The van der Waals surface area contributed by atoms with Gasteiger partial charge in [-0.25, -0.2) is 0 Å². The Morgan fingerprint density at radius 2 is 1.96 bits per heavy atom. The van der Waals surface area contributed by atoms with Crippen molar-refractivity contribution in [3.63, 3.8) is 0 Å². The highest BCUT2D eigenvalue weighted by atomic mass is 32.2. The molecule has 8 heteroatoms. The van der Waals surface area contributed by atoms with Gasteiger partial charge in [0, 0.05) is 38.4 Å². The van der Waals surface area contributed by atoms with Crippen molar-refractivity contribution >= 4 is 29.5 Å². The van der Waals surface area contributed by atoms with Crippen molar-refractivity contribution in [3.8, 4) is 0 Å². The van der Waals surface area contributed by atoms with Crippen LogP contribution < -0.4 is 0 Å². The molecule has 0 aromatic rings. The van der Waals surface area contributed by atoms with E-state index < -0.39 is 5.97 Å². The minimum atomic E-state index is -1.00. The van der Waals surface area contributed by atoms with E-state index in [0.717, 1.165) is 38.0 Å². The van der Waals surface area contributed by atoms with Crippen molar-refractivity contribution in [2.75, 3.05) is 37.7 Å². The van der Waals surface area contributed by atoms with E-state index in [0.29, 0.717) is 25.3 Å². The van der Waals surface area contributed by atoms with Crippen molar-refractivity contribution in [1.82, 2.24) is 9.80 Å². The Morgan fingerprint density at radius 3 is 2.62 bits per heavy atom. The van der Waals surface area contributed by atoms with Gasteiger partial charge in [-0.2, -0.15) is 0 Å². The summed E-state index contributed by atoms with van der Waals surface area (Å²) < 4.78 is 5.69. The summed E-state index contributed by atoms with van der Waals surface area (Å²) in [7, 11) is 0. The van der Waals surface area contributed by atoms with Gasteiger partial charge in [-0.3, -0.25) is 14.4 Å². The topological polar surface area (TPSA) is 87.2 Å². The van der Waals surface area contributed by atoms with Gasteiger partial charge in [-0.05, 0) is 38.5 Å². The molecule has 2 aliphatic heterocycles. The molecule has 2 unspecified atom stereocenters. The van der Waals surface area contributed by atoms with Gasteiger partial charge in [0.15, 0.2) is 0 Å². The molecule has 0 radical (unpaired) electrons. The fourth-order valence-corrected chi connectivity index (χ4v) is 4.59. The first-order chi connectivity index (χ1) is 12.5. The van der Waals surface area contributed by atoms with Crippen molar-refractivity contribution in [1.29, 1.82) is 0 Å². The van der Waals surface area contributed by atoms with E-state index in [4.69, 9.17) is 9.84 Å². The van der Waals surface area contributed by atoms with Crippen LogP contribution in [0.25, 0.3) is 0 Å². The molecule has 0 bridgehead atoms. The van der Waals surface area contributed by atoms with Crippen LogP contribution in [0.15, 0.2) is 0 Å². The predicted octanol–water partition coefficient (Wildman–Crippen LogP) is 1.60. The van der Waals surface area contributed by atoms with Gasteiger partial charge in [0.25, 0.3) is 0 Å². The number of likely N-dealkylation sites (tertiary alicyclic amines) is 1. The number of nitrogens with zero attached hydrogens (tertiary/aromatic N) is 2. The maximum Gasteiger partial charge on any atom is 0.323 e. The molecule has 2 atom stereocenters. The van der Waals surface area contributed by atoms with Crippen LogP contribution in [0.4, 0.5) is 0 Å². The van der Waals surface area contributed by atoms with E-state index in [-0.39, 0.29) is 30.5 Å². The van der Waals surface area contributed by atoms with Gasteiger partial charge in [0.05, 0.1) is 11.9 Å². The number of ether oxygens (including phenoxy) is 1. The Hall–Kier alpha value is -1.28. The second-order valence-electron chi connectivity index (χ2n) is 7.01. The number of carboxylic acid groups (broad SMARTS) is 1. The molecule has 1 N–H and O–H groups in total. The highest BCUT2D eigenvalue weighted by Crippen LogP contribution is 2.20. The van der Waals surface area contributed by atoms with E-state index in [1.54, 1.807) is 11.8 Å². The van der Waals surface area contributed by atoms with E-state index >= 15 is 0 Å². The summed E-state index contributed by atoms with van der Waals surface area (Å²) in [6.45, 7) is 3.21. The lowest BCUT2D eigenvalue weighted by Gasteiger charge is -2.29. The maximum atomic E-state index is 12.5. The van der Waals surface area contributed by atoms with E-state index in [1.807, 2.05) is 4.90 Å². The largest absolute Gasteiger partial charge is 0.480 e. The molecule has 2 saturated heterocycles. The number of aliphatic carboxylic acids is 1.